The van der Waals surface area contributed by atoms with E-state index >= 15 is 0 Å². The van der Waals surface area contributed by atoms with Gasteiger partial charge in [0.05, 0.1) is 0 Å². The van der Waals surface area contributed by atoms with Crippen molar-refractivity contribution in [2.45, 2.75) is 0 Å². The molecule has 0 atom stereocenters. The third kappa shape index (κ3) is 4.16. The molecule has 0 bridgehead atoms. The van der Waals surface area contributed by atoms with Crippen molar-refractivity contribution in [3.05, 3.63) is 182 Å². The summed E-state index contributed by atoms with van der Waals surface area (Å²) in [6, 6.07) is 66.3. The maximum atomic E-state index is 6.43. The second-order valence-electron chi connectivity index (χ2n) is 13.6. The van der Waals surface area contributed by atoms with Gasteiger partial charge in [-0.1, -0.05) is 158 Å². The molecule has 0 radical (unpaired) electrons. The van der Waals surface area contributed by atoms with Crippen molar-refractivity contribution in [2.75, 3.05) is 0 Å². The molecule has 1 heterocycles. The van der Waals surface area contributed by atoms with Gasteiger partial charge in [0.1, 0.15) is 11.5 Å². The zero-order valence-electron chi connectivity index (χ0n) is 27.7. The molecule has 1 aliphatic heterocycles. The van der Waals surface area contributed by atoms with E-state index in [-0.39, 0.29) is 0 Å². The van der Waals surface area contributed by atoms with Crippen LogP contribution in [0.3, 0.4) is 0 Å². The minimum absolute atomic E-state index is 0.908. The quantitative estimate of drug-likeness (QED) is 0.137. The van der Waals surface area contributed by atoms with Crippen LogP contribution in [0.1, 0.15) is 0 Å². The van der Waals surface area contributed by atoms with Gasteiger partial charge >= 0.3 is 0 Å². The van der Waals surface area contributed by atoms with Gasteiger partial charge in [0.15, 0.2) is 0 Å². The average molecular weight is 647 g/mol. The summed E-state index contributed by atoms with van der Waals surface area (Å²) in [4.78, 5) is 0. The van der Waals surface area contributed by atoms with Crippen LogP contribution >= 0.6 is 0 Å². The Kier molecular flexibility index (Phi) is 6.02. The molecule has 1 aliphatic rings. The van der Waals surface area contributed by atoms with Gasteiger partial charge < -0.3 is 4.74 Å². The molecule has 0 saturated carbocycles. The Morgan fingerprint density at radius 1 is 0.275 bits per heavy atom. The summed E-state index contributed by atoms with van der Waals surface area (Å²) in [5, 5.41) is 12.5. The summed E-state index contributed by atoms with van der Waals surface area (Å²) < 4.78 is 6.43. The third-order valence-corrected chi connectivity index (χ3v) is 10.8. The molecule has 0 spiro atoms. The van der Waals surface area contributed by atoms with Gasteiger partial charge in [0.25, 0.3) is 0 Å². The van der Waals surface area contributed by atoms with Gasteiger partial charge in [0.2, 0.25) is 0 Å². The minimum atomic E-state index is 0.908. The Morgan fingerprint density at radius 2 is 0.843 bits per heavy atom. The molecule has 0 amide bonds. The van der Waals surface area contributed by atoms with E-state index in [0.29, 0.717) is 0 Å². The smallest absolute Gasteiger partial charge is 0.135 e. The molecule has 1 nitrogen and oxygen atoms in total. The fourth-order valence-electron chi connectivity index (χ4n) is 8.67. The largest absolute Gasteiger partial charge is 0.456 e. The van der Waals surface area contributed by atoms with E-state index in [0.717, 1.165) is 17.1 Å². The molecule has 10 aromatic rings. The standard InChI is InChI=1S/C50H30O/c1-2-16-34-32(13-1)30-45(37-18-4-3-17-36(34)37)49-43-22-7-5-20-41(43)48(42-21-6-8-23-44(42)49)33-15-11-14-31(29-33)35-27-28-47-50-39(35)24-12-25-40(50)38-19-9-10-26-46(38)51-47/h1-30H. The molecule has 0 saturated heterocycles. The van der Waals surface area contributed by atoms with Crippen molar-refractivity contribution in [2.24, 2.45) is 0 Å². The van der Waals surface area contributed by atoms with Crippen LogP contribution in [-0.4, -0.2) is 0 Å². The molecule has 0 N–H and O–H groups in total. The highest BCUT2D eigenvalue weighted by molar-refractivity contribution is 6.26. The number of ether oxygens (including phenoxy) is 1. The first-order valence-electron chi connectivity index (χ1n) is 17.6. The second-order valence-corrected chi connectivity index (χ2v) is 13.6. The van der Waals surface area contributed by atoms with Gasteiger partial charge in [-0.05, 0) is 112 Å². The van der Waals surface area contributed by atoms with Gasteiger partial charge in [-0.2, -0.15) is 0 Å². The van der Waals surface area contributed by atoms with Crippen LogP contribution in [0.4, 0.5) is 0 Å². The van der Waals surface area contributed by atoms with Gasteiger partial charge in [-0.3, -0.25) is 0 Å². The lowest BCUT2D eigenvalue weighted by Gasteiger charge is -2.22. The van der Waals surface area contributed by atoms with E-state index in [1.165, 1.54) is 92.8 Å². The van der Waals surface area contributed by atoms with E-state index < -0.39 is 0 Å². The first-order valence-corrected chi connectivity index (χ1v) is 17.6. The Hall–Kier alpha value is -6.70. The number of hydrogen-bond acceptors (Lipinski definition) is 1. The molecule has 1 heteroatoms. The van der Waals surface area contributed by atoms with Crippen molar-refractivity contribution in [1.29, 1.82) is 0 Å². The summed E-state index contributed by atoms with van der Waals surface area (Å²) in [6.07, 6.45) is 0. The monoisotopic (exact) mass is 646 g/mol. The minimum Gasteiger partial charge on any atom is -0.456 e. The van der Waals surface area contributed by atoms with Crippen LogP contribution in [0.2, 0.25) is 0 Å². The first-order chi connectivity index (χ1) is 25.3. The lowest BCUT2D eigenvalue weighted by molar-refractivity contribution is 0.487. The molecule has 0 aromatic heterocycles. The maximum Gasteiger partial charge on any atom is 0.135 e. The van der Waals surface area contributed by atoms with Crippen molar-refractivity contribution >= 4 is 53.9 Å². The summed E-state index contributed by atoms with van der Waals surface area (Å²) >= 11 is 0. The highest BCUT2D eigenvalue weighted by Crippen LogP contribution is 2.50. The third-order valence-electron chi connectivity index (χ3n) is 10.8. The molecular weight excluding hydrogens is 617 g/mol. The summed E-state index contributed by atoms with van der Waals surface area (Å²) in [5.41, 5.74) is 9.77. The van der Waals surface area contributed by atoms with Crippen molar-refractivity contribution in [3.63, 3.8) is 0 Å². The lowest BCUT2D eigenvalue weighted by atomic mass is 9.83. The molecule has 236 valence electrons. The molecule has 10 aromatic carbocycles. The molecule has 0 aliphatic carbocycles. The van der Waals surface area contributed by atoms with Crippen LogP contribution < -0.4 is 4.74 Å². The van der Waals surface area contributed by atoms with E-state index in [2.05, 4.69) is 176 Å². The number of para-hydroxylation sites is 1. The highest BCUT2D eigenvalue weighted by Gasteiger charge is 2.22. The van der Waals surface area contributed by atoms with E-state index in [4.69, 9.17) is 4.74 Å². The fourth-order valence-corrected chi connectivity index (χ4v) is 8.67. The lowest BCUT2D eigenvalue weighted by Crippen LogP contribution is -1.97. The van der Waals surface area contributed by atoms with Crippen LogP contribution in [0.25, 0.3) is 98.4 Å². The van der Waals surface area contributed by atoms with E-state index in [1.54, 1.807) is 0 Å². The predicted molar refractivity (Wildman–Crippen MR) is 216 cm³/mol. The van der Waals surface area contributed by atoms with E-state index in [9.17, 15) is 0 Å². The highest BCUT2D eigenvalue weighted by atomic mass is 16.5. The van der Waals surface area contributed by atoms with E-state index in [1.807, 2.05) is 6.07 Å². The Bertz CT molecular complexity index is 3000. The average Bonchev–Trinajstić information content (AvgIpc) is 3.20. The maximum absolute atomic E-state index is 6.43. The zero-order chi connectivity index (χ0) is 33.5. The van der Waals surface area contributed by atoms with Crippen molar-refractivity contribution in [3.8, 4) is 56.0 Å². The molecule has 51 heavy (non-hydrogen) atoms. The summed E-state index contributed by atoms with van der Waals surface area (Å²) in [7, 11) is 0. The van der Waals surface area contributed by atoms with Gasteiger partial charge in [0, 0.05) is 10.9 Å². The molecule has 0 fully saturated rings. The van der Waals surface area contributed by atoms with Gasteiger partial charge in [-0.25, -0.2) is 0 Å². The SMILES string of the molecule is c1cc(-c2c3ccccc3c(-c3cc4ccccc4c4ccccc34)c3ccccc23)cc(-c2ccc3c4c(cccc24)-c2ccccc2O3)c1. The van der Waals surface area contributed by atoms with Crippen LogP contribution in [0.15, 0.2) is 182 Å². The number of fused-ring (bicyclic) bond motifs is 7. The van der Waals surface area contributed by atoms with Gasteiger partial charge in [-0.15, -0.1) is 0 Å². The summed E-state index contributed by atoms with van der Waals surface area (Å²) in [5.74, 6) is 1.82. The van der Waals surface area contributed by atoms with Crippen LogP contribution in [-0.2, 0) is 0 Å². The zero-order valence-corrected chi connectivity index (χ0v) is 27.7. The Balaban J connectivity index is 1.17. The van der Waals surface area contributed by atoms with Crippen molar-refractivity contribution in [1.82, 2.24) is 0 Å². The summed E-state index contributed by atoms with van der Waals surface area (Å²) in [6.45, 7) is 0. The van der Waals surface area contributed by atoms with Crippen LogP contribution in [0.5, 0.6) is 11.5 Å². The van der Waals surface area contributed by atoms with Crippen LogP contribution in [0, 0.1) is 0 Å². The second kappa shape index (κ2) is 10.9. The molecule has 0 unspecified atom stereocenters. The fraction of sp³-hybridized carbons (Fsp3) is 0. The topological polar surface area (TPSA) is 9.23 Å². The predicted octanol–water partition coefficient (Wildman–Crippen LogP) is 14.2. The van der Waals surface area contributed by atoms with Crippen molar-refractivity contribution < 1.29 is 4.74 Å². The number of hydrogen-bond donors (Lipinski definition) is 0. The molecule has 11 rings (SSSR count). The Morgan fingerprint density at radius 3 is 1.63 bits per heavy atom. The number of rotatable bonds is 3. The molecular formula is C50H30O. The number of benzene rings is 10. The Labute approximate surface area is 295 Å². The normalized spacial score (nSPS) is 12.1. The first kappa shape index (κ1) is 28.2.